The Balaban J connectivity index is 1.53. The van der Waals surface area contributed by atoms with Crippen molar-refractivity contribution in [2.24, 2.45) is 5.92 Å². The number of rotatable bonds is 3. The smallest absolute Gasteiger partial charge is 0.270 e. The maximum Gasteiger partial charge on any atom is 0.270 e. The molecule has 2 aliphatic rings. The van der Waals surface area contributed by atoms with Gasteiger partial charge in [0.15, 0.2) is 0 Å². The van der Waals surface area contributed by atoms with E-state index in [1.165, 1.54) is 5.56 Å². The van der Waals surface area contributed by atoms with Crippen LogP contribution in [0.5, 0.6) is 0 Å². The number of carbonyl (C=O) groups is 1. The van der Waals surface area contributed by atoms with Crippen molar-refractivity contribution < 1.29 is 4.79 Å². The number of carbonyl (C=O) groups excluding carboxylic acids is 1. The summed E-state index contributed by atoms with van der Waals surface area (Å²) in [5.41, 5.74) is 2.98. The molecule has 5 heteroatoms. The van der Waals surface area contributed by atoms with E-state index in [4.69, 9.17) is 0 Å². The van der Waals surface area contributed by atoms with Crippen molar-refractivity contribution in [3.63, 3.8) is 0 Å². The van der Waals surface area contributed by atoms with Gasteiger partial charge in [-0.1, -0.05) is 36.4 Å². The molecule has 0 saturated carbocycles. The van der Waals surface area contributed by atoms with Gasteiger partial charge in [0.05, 0.1) is 0 Å². The molecule has 0 unspecified atom stereocenters. The van der Waals surface area contributed by atoms with Crippen LogP contribution in [0.2, 0.25) is 0 Å². The number of hydrogen-bond acceptors (Lipinski definition) is 2. The monoisotopic (exact) mass is 373 g/mol. The minimum Gasteiger partial charge on any atom is -0.357 e. The zero-order valence-corrected chi connectivity index (χ0v) is 15.6. The van der Waals surface area contributed by atoms with Crippen LogP contribution >= 0.6 is 0 Å². The van der Waals surface area contributed by atoms with E-state index < -0.39 is 0 Å². The molecule has 5 rings (SSSR count). The Kier molecular flexibility index (Phi) is 4.15. The number of aromatic nitrogens is 2. The molecule has 1 saturated heterocycles. The first-order valence-electron chi connectivity index (χ1n) is 9.89. The second kappa shape index (κ2) is 6.82. The molecule has 2 aromatic heterocycles. The minimum absolute atomic E-state index is 0.0462. The average molecular weight is 373 g/mol. The second-order valence-corrected chi connectivity index (χ2v) is 7.90. The van der Waals surface area contributed by atoms with E-state index in [0.29, 0.717) is 18.8 Å². The number of fused-ring (bicyclic) bond motifs is 4. The molecule has 0 aliphatic carbocycles. The number of aromatic amines is 1. The number of amides is 1. The number of piperidine rings is 1. The van der Waals surface area contributed by atoms with Crippen LogP contribution in [0.25, 0.3) is 0 Å². The summed E-state index contributed by atoms with van der Waals surface area (Å²) in [4.78, 5) is 30.7. The fourth-order valence-corrected chi connectivity index (χ4v) is 4.96. The van der Waals surface area contributed by atoms with Crippen LogP contribution in [0.1, 0.15) is 40.1 Å². The normalized spacial score (nSPS) is 23.3. The third-order valence-electron chi connectivity index (χ3n) is 6.20. The van der Waals surface area contributed by atoms with Crippen LogP contribution in [-0.2, 0) is 6.42 Å². The summed E-state index contributed by atoms with van der Waals surface area (Å²) < 4.78 is 2.00. The first kappa shape index (κ1) is 17.0. The van der Waals surface area contributed by atoms with Gasteiger partial charge in [-0.15, -0.1) is 0 Å². The van der Waals surface area contributed by atoms with Crippen molar-refractivity contribution in [3.8, 4) is 0 Å². The summed E-state index contributed by atoms with van der Waals surface area (Å²) in [6.45, 7) is 1.35. The van der Waals surface area contributed by atoms with Gasteiger partial charge in [0, 0.05) is 43.0 Å². The highest BCUT2D eigenvalue weighted by Gasteiger charge is 2.41. The third kappa shape index (κ3) is 2.87. The van der Waals surface area contributed by atoms with Crippen molar-refractivity contribution >= 4 is 5.91 Å². The van der Waals surface area contributed by atoms with Crippen molar-refractivity contribution in [2.75, 3.05) is 13.1 Å². The highest BCUT2D eigenvalue weighted by atomic mass is 16.2. The van der Waals surface area contributed by atoms with Gasteiger partial charge in [-0.25, -0.2) is 0 Å². The van der Waals surface area contributed by atoms with E-state index in [2.05, 4.69) is 23.2 Å². The number of nitrogens with zero attached hydrogens (tertiary/aromatic N) is 2. The first-order chi connectivity index (χ1) is 13.7. The lowest BCUT2D eigenvalue weighted by atomic mass is 9.76. The molecule has 0 radical (unpaired) electrons. The molecule has 28 heavy (non-hydrogen) atoms. The summed E-state index contributed by atoms with van der Waals surface area (Å²) in [6.07, 6.45) is 3.61. The highest BCUT2D eigenvalue weighted by molar-refractivity contribution is 5.92. The predicted octanol–water partition coefficient (Wildman–Crippen LogP) is 3.22. The summed E-state index contributed by atoms with van der Waals surface area (Å²) in [5, 5.41) is 0. The van der Waals surface area contributed by atoms with E-state index in [9.17, 15) is 9.59 Å². The van der Waals surface area contributed by atoms with Gasteiger partial charge in [0.1, 0.15) is 5.69 Å². The van der Waals surface area contributed by atoms with Crippen molar-refractivity contribution in [3.05, 3.63) is 94.2 Å². The molecule has 4 heterocycles. The zero-order valence-electron chi connectivity index (χ0n) is 15.6. The van der Waals surface area contributed by atoms with Gasteiger partial charge in [-0.3, -0.25) is 9.59 Å². The van der Waals surface area contributed by atoms with Crippen molar-refractivity contribution in [1.29, 1.82) is 0 Å². The predicted molar refractivity (Wildman–Crippen MR) is 107 cm³/mol. The van der Waals surface area contributed by atoms with E-state index in [-0.39, 0.29) is 29.3 Å². The van der Waals surface area contributed by atoms with Crippen molar-refractivity contribution in [2.45, 2.75) is 24.8 Å². The van der Waals surface area contributed by atoms with Crippen molar-refractivity contribution in [1.82, 2.24) is 14.5 Å². The molecule has 2 bridgehead atoms. The minimum atomic E-state index is 0.0462. The molecule has 1 N–H and O–H groups in total. The fourth-order valence-electron chi connectivity index (χ4n) is 4.96. The number of likely N-dealkylation sites (tertiary alicyclic amines) is 1. The number of nitrogens with one attached hydrogen (secondary N) is 1. The topological polar surface area (TPSA) is 58.1 Å². The molecule has 5 nitrogen and oxygen atoms in total. The maximum atomic E-state index is 13.0. The van der Waals surface area contributed by atoms with E-state index in [0.717, 1.165) is 18.5 Å². The molecule has 142 valence electrons. The highest BCUT2D eigenvalue weighted by Crippen LogP contribution is 2.42. The van der Waals surface area contributed by atoms with Crippen LogP contribution in [0.4, 0.5) is 0 Å². The average Bonchev–Trinajstić information content (AvgIpc) is 3.26. The van der Waals surface area contributed by atoms with Crippen LogP contribution in [0, 0.1) is 5.92 Å². The van der Waals surface area contributed by atoms with Crippen LogP contribution in [0.15, 0.2) is 71.7 Å². The molecular formula is C23H23N3O2. The molecule has 3 aromatic rings. The number of benzene rings is 1. The van der Waals surface area contributed by atoms with Gasteiger partial charge < -0.3 is 14.5 Å². The Morgan fingerprint density at radius 3 is 2.64 bits per heavy atom. The fraction of sp³-hybridized carbons (Fsp3) is 0.304. The van der Waals surface area contributed by atoms with Gasteiger partial charge in [-0.2, -0.15) is 0 Å². The molecule has 3 atom stereocenters. The summed E-state index contributed by atoms with van der Waals surface area (Å²) in [6, 6.07) is 19.6. The molecule has 2 aliphatic heterocycles. The second-order valence-electron chi connectivity index (χ2n) is 7.90. The number of hydrogen-bond donors (Lipinski definition) is 1. The Morgan fingerprint density at radius 2 is 1.86 bits per heavy atom. The Labute approximate surface area is 163 Å². The first-order valence-corrected chi connectivity index (χ1v) is 9.89. The zero-order chi connectivity index (χ0) is 19.1. The lowest BCUT2D eigenvalue weighted by molar-refractivity contribution is 0.0524. The summed E-state index contributed by atoms with van der Waals surface area (Å²) in [5.74, 6) is 0.522. The van der Waals surface area contributed by atoms with Gasteiger partial charge >= 0.3 is 0 Å². The van der Waals surface area contributed by atoms with Crippen LogP contribution in [0.3, 0.4) is 0 Å². The Bertz CT molecular complexity index is 1040. The van der Waals surface area contributed by atoms with E-state index in [1.54, 1.807) is 12.3 Å². The molecular weight excluding hydrogens is 350 g/mol. The quantitative estimate of drug-likeness (QED) is 0.766. The summed E-state index contributed by atoms with van der Waals surface area (Å²) in [7, 11) is 0. The third-order valence-corrected chi connectivity index (χ3v) is 6.20. The standard InChI is InChI=1S/C23H23N3O2/c27-22-10-4-9-20-17-13-18(15-25(14-17)23(28)19-8-5-11-24-19)21(26(20)22)12-16-6-2-1-3-7-16/h1-11,17-18,21,24H,12-15H2/t17-,18+,21+/m1/s1. The Hall–Kier alpha value is -3.08. The molecule has 1 amide bonds. The van der Waals surface area contributed by atoms with E-state index in [1.807, 2.05) is 45.9 Å². The van der Waals surface area contributed by atoms with Crippen LogP contribution < -0.4 is 5.56 Å². The summed E-state index contributed by atoms with van der Waals surface area (Å²) >= 11 is 0. The Morgan fingerprint density at radius 1 is 1.00 bits per heavy atom. The van der Waals surface area contributed by atoms with E-state index >= 15 is 0 Å². The van der Waals surface area contributed by atoms with Gasteiger partial charge in [0.2, 0.25) is 0 Å². The molecule has 1 fully saturated rings. The number of pyridine rings is 1. The van der Waals surface area contributed by atoms with Gasteiger partial charge in [0.25, 0.3) is 11.5 Å². The largest absolute Gasteiger partial charge is 0.357 e. The number of H-pyrrole nitrogens is 1. The molecule has 0 spiro atoms. The van der Waals surface area contributed by atoms with Crippen LogP contribution in [-0.4, -0.2) is 33.4 Å². The molecule has 1 aromatic carbocycles. The maximum absolute atomic E-state index is 13.0. The SMILES string of the molecule is O=C(c1ccc[nH]1)N1C[C@H]2C[C@@H](C1)[C@H](Cc1ccccc1)n1c2cccc1=O. The lowest BCUT2D eigenvalue weighted by Crippen LogP contribution is -2.51. The van der Waals surface area contributed by atoms with Gasteiger partial charge in [-0.05, 0) is 42.5 Å². The lowest BCUT2D eigenvalue weighted by Gasteiger charge is -2.47.